The minimum absolute atomic E-state index is 0.102. The summed E-state index contributed by atoms with van der Waals surface area (Å²) >= 11 is 1.24. The Morgan fingerprint density at radius 3 is 3.25 bits per heavy atom. The third-order valence-electron chi connectivity index (χ3n) is 3.09. The number of ether oxygens (including phenoxy) is 1. The molecule has 3 rings (SSSR count). The number of nitrogens with one attached hydrogen (secondary N) is 2. The molecule has 5 nitrogen and oxygen atoms in total. The highest BCUT2D eigenvalue weighted by Crippen LogP contribution is 2.26. The van der Waals surface area contributed by atoms with Gasteiger partial charge in [-0.25, -0.2) is 14.2 Å². The van der Waals surface area contributed by atoms with Gasteiger partial charge in [0.25, 0.3) is 0 Å². The van der Waals surface area contributed by atoms with Crippen LogP contribution in [0.1, 0.15) is 12.8 Å². The molecular weight excluding hydrogens is 281 g/mol. The molecule has 7 heteroatoms. The van der Waals surface area contributed by atoms with Crippen molar-refractivity contribution in [1.82, 2.24) is 10.3 Å². The summed E-state index contributed by atoms with van der Waals surface area (Å²) in [5, 5.41) is 5.85. The zero-order valence-corrected chi connectivity index (χ0v) is 11.5. The van der Waals surface area contributed by atoms with E-state index in [9.17, 15) is 9.18 Å². The molecule has 1 aromatic carbocycles. The maximum Gasteiger partial charge on any atom is 0.321 e. The van der Waals surface area contributed by atoms with E-state index in [0.717, 1.165) is 19.4 Å². The molecule has 1 aliphatic rings. The number of amides is 2. The van der Waals surface area contributed by atoms with Gasteiger partial charge in [-0.2, -0.15) is 0 Å². The molecule has 0 radical (unpaired) electrons. The fourth-order valence-corrected chi connectivity index (χ4v) is 2.99. The Balaban J connectivity index is 1.59. The topological polar surface area (TPSA) is 63.2 Å². The molecule has 106 valence electrons. The van der Waals surface area contributed by atoms with Gasteiger partial charge in [0.2, 0.25) is 0 Å². The van der Waals surface area contributed by atoms with E-state index >= 15 is 0 Å². The highest BCUT2D eigenvalue weighted by Gasteiger charge is 2.16. The number of anilines is 1. The lowest BCUT2D eigenvalue weighted by Crippen LogP contribution is -2.34. The van der Waals surface area contributed by atoms with Crippen LogP contribution < -0.4 is 10.6 Å². The number of aromatic nitrogens is 1. The molecule has 0 saturated carbocycles. The van der Waals surface area contributed by atoms with Crippen LogP contribution in [-0.2, 0) is 4.74 Å². The Hall–Kier alpha value is -1.73. The van der Waals surface area contributed by atoms with Crippen LogP contribution in [-0.4, -0.2) is 30.3 Å². The first-order valence-electron chi connectivity index (χ1n) is 6.43. The molecule has 0 spiro atoms. The molecule has 1 aliphatic heterocycles. The predicted octanol–water partition coefficient (Wildman–Crippen LogP) is 2.74. The summed E-state index contributed by atoms with van der Waals surface area (Å²) in [7, 11) is 0. The third kappa shape index (κ3) is 3.05. The second-order valence-corrected chi connectivity index (χ2v) is 5.63. The van der Waals surface area contributed by atoms with Gasteiger partial charge in [0.05, 0.1) is 16.3 Å². The van der Waals surface area contributed by atoms with E-state index in [0.29, 0.717) is 21.9 Å². The molecule has 20 heavy (non-hydrogen) atoms. The highest BCUT2D eigenvalue weighted by molar-refractivity contribution is 7.22. The van der Waals surface area contributed by atoms with Crippen molar-refractivity contribution in [3.63, 3.8) is 0 Å². The van der Waals surface area contributed by atoms with Crippen molar-refractivity contribution in [3.05, 3.63) is 24.0 Å². The second-order valence-electron chi connectivity index (χ2n) is 4.60. The molecule has 0 aliphatic carbocycles. The van der Waals surface area contributed by atoms with Gasteiger partial charge in [0, 0.05) is 13.2 Å². The monoisotopic (exact) mass is 295 g/mol. The lowest BCUT2D eigenvalue weighted by Gasteiger charge is -2.10. The molecule has 2 aromatic rings. The Kier molecular flexibility index (Phi) is 3.79. The summed E-state index contributed by atoms with van der Waals surface area (Å²) in [6, 6.07) is 4.03. The maximum atomic E-state index is 13.1. The number of nitrogens with zero attached hydrogens (tertiary/aromatic N) is 1. The lowest BCUT2D eigenvalue weighted by molar-refractivity contribution is 0.112. The van der Waals surface area contributed by atoms with Gasteiger partial charge in [-0.1, -0.05) is 11.3 Å². The molecular formula is C13H14FN3O2S. The summed E-state index contributed by atoms with van der Waals surface area (Å²) in [6.07, 6.45) is 2.11. The number of halogens is 1. The van der Waals surface area contributed by atoms with Crippen LogP contribution in [0, 0.1) is 5.82 Å². The first-order valence-corrected chi connectivity index (χ1v) is 7.25. The minimum Gasteiger partial charge on any atom is -0.376 e. The summed E-state index contributed by atoms with van der Waals surface area (Å²) in [5.41, 5.74) is 0.672. The average molecular weight is 295 g/mol. The zero-order valence-electron chi connectivity index (χ0n) is 10.7. The lowest BCUT2D eigenvalue weighted by atomic mass is 10.2. The highest BCUT2D eigenvalue weighted by atomic mass is 32.1. The van der Waals surface area contributed by atoms with Crippen molar-refractivity contribution in [2.45, 2.75) is 18.9 Å². The van der Waals surface area contributed by atoms with Gasteiger partial charge in [0.15, 0.2) is 5.13 Å². The molecule has 0 unspecified atom stereocenters. The Bertz CT molecular complexity index is 625. The van der Waals surface area contributed by atoms with E-state index in [1.807, 2.05) is 0 Å². The summed E-state index contributed by atoms with van der Waals surface area (Å²) in [5.74, 6) is -0.310. The van der Waals surface area contributed by atoms with Gasteiger partial charge in [0.1, 0.15) is 5.82 Å². The van der Waals surface area contributed by atoms with Crippen LogP contribution in [0.15, 0.2) is 18.2 Å². The van der Waals surface area contributed by atoms with E-state index in [1.165, 1.54) is 23.5 Å². The van der Waals surface area contributed by atoms with Crippen molar-refractivity contribution in [2.24, 2.45) is 0 Å². The molecule has 2 heterocycles. The number of hydrogen-bond acceptors (Lipinski definition) is 4. The second kappa shape index (κ2) is 5.72. The number of carbonyl (C=O) groups is 1. The van der Waals surface area contributed by atoms with Crippen LogP contribution in [0.4, 0.5) is 14.3 Å². The molecule has 1 atom stereocenters. The van der Waals surface area contributed by atoms with E-state index in [2.05, 4.69) is 15.6 Å². The minimum atomic E-state index is -0.319. The molecule has 2 amide bonds. The van der Waals surface area contributed by atoms with Crippen molar-refractivity contribution in [1.29, 1.82) is 0 Å². The van der Waals surface area contributed by atoms with Crippen LogP contribution in [0.5, 0.6) is 0 Å². The number of carbonyl (C=O) groups excluding carboxylic acids is 1. The summed E-state index contributed by atoms with van der Waals surface area (Å²) in [4.78, 5) is 15.9. The van der Waals surface area contributed by atoms with E-state index in [-0.39, 0.29) is 18.0 Å². The van der Waals surface area contributed by atoms with Crippen molar-refractivity contribution < 1.29 is 13.9 Å². The van der Waals surface area contributed by atoms with Crippen molar-refractivity contribution in [2.75, 3.05) is 18.5 Å². The van der Waals surface area contributed by atoms with Gasteiger partial charge >= 0.3 is 6.03 Å². The summed E-state index contributed by atoms with van der Waals surface area (Å²) in [6.45, 7) is 1.25. The first-order chi connectivity index (χ1) is 9.70. The Morgan fingerprint density at radius 1 is 1.55 bits per heavy atom. The Labute approximate surface area is 119 Å². The van der Waals surface area contributed by atoms with Gasteiger partial charge < -0.3 is 10.1 Å². The van der Waals surface area contributed by atoms with Gasteiger partial charge in [-0.3, -0.25) is 5.32 Å². The Morgan fingerprint density at radius 2 is 2.45 bits per heavy atom. The molecule has 1 aromatic heterocycles. The zero-order chi connectivity index (χ0) is 13.9. The van der Waals surface area contributed by atoms with Gasteiger partial charge in [-0.05, 0) is 31.0 Å². The maximum absolute atomic E-state index is 13.1. The van der Waals surface area contributed by atoms with Crippen LogP contribution >= 0.6 is 11.3 Å². The summed E-state index contributed by atoms with van der Waals surface area (Å²) < 4.78 is 19.2. The third-order valence-corrected chi connectivity index (χ3v) is 4.02. The van der Waals surface area contributed by atoms with E-state index in [1.54, 1.807) is 6.07 Å². The smallest absolute Gasteiger partial charge is 0.321 e. The van der Waals surface area contributed by atoms with E-state index < -0.39 is 0 Å². The quantitative estimate of drug-likeness (QED) is 0.915. The van der Waals surface area contributed by atoms with Crippen LogP contribution in [0.25, 0.3) is 10.2 Å². The number of urea groups is 1. The first kappa shape index (κ1) is 13.3. The normalized spacial score (nSPS) is 18.4. The molecule has 1 saturated heterocycles. The predicted molar refractivity (Wildman–Crippen MR) is 75.6 cm³/mol. The van der Waals surface area contributed by atoms with Crippen LogP contribution in [0.2, 0.25) is 0 Å². The van der Waals surface area contributed by atoms with E-state index in [4.69, 9.17) is 4.74 Å². The fourth-order valence-electron chi connectivity index (χ4n) is 2.11. The largest absolute Gasteiger partial charge is 0.376 e. The fraction of sp³-hybridized carbons (Fsp3) is 0.385. The number of hydrogen-bond donors (Lipinski definition) is 2. The molecule has 2 N–H and O–H groups in total. The standard InChI is InChI=1S/C13H14FN3O2S/c14-8-3-4-10-11(6-8)20-13(16-10)17-12(18)15-7-9-2-1-5-19-9/h3-4,6,9H,1-2,5,7H2,(H2,15,16,17,18)/t9-/m1/s1. The molecule has 1 fully saturated rings. The number of fused-ring (bicyclic) bond motifs is 1. The van der Waals surface area contributed by atoms with Crippen LogP contribution in [0.3, 0.4) is 0 Å². The van der Waals surface area contributed by atoms with Crippen molar-refractivity contribution >= 4 is 32.7 Å². The number of benzene rings is 1. The number of rotatable bonds is 3. The molecule has 0 bridgehead atoms. The average Bonchev–Trinajstić information content (AvgIpc) is 3.04. The van der Waals surface area contributed by atoms with Gasteiger partial charge in [-0.15, -0.1) is 0 Å². The SMILES string of the molecule is O=C(NC[C@H]1CCCO1)Nc1nc2ccc(F)cc2s1. The van der Waals surface area contributed by atoms with Crippen molar-refractivity contribution in [3.8, 4) is 0 Å². The number of thiazole rings is 1.